The summed E-state index contributed by atoms with van der Waals surface area (Å²) in [5, 5.41) is 3.17. The molecule has 0 bridgehead atoms. The fourth-order valence-corrected chi connectivity index (χ4v) is 4.73. The van der Waals surface area contributed by atoms with E-state index in [0.29, 0.717) is 6.42 Å². The minimum Gasteiger partial charge on any atom is -0.352 e. The van der Waals surface area contributed by atoms with Crippen molar-refractivity contribution in [3.8, 4) is 0 Å². The van der Waals surface area contributed by atoms with Crippen molar-refractivity contribution in [3.05, 3.63) is 64.7 Å². The summed E-state index contributed by atoms with van der Waals surface area (Å²) in [6, 6.07) is 13.3. The average molecular weight is 508 g/mol. The van der Waals surface area contributed by atoms with Crippen LogP contribution in [-0.2, 0) is 26.2 Å². The number of aryl methyl sites for hydroxylation is 1. The van der Waals surface area contributed by atoms with E-state index in [1.807, 2.05) is 52.0 Å². The summed E-state index contributed by atoms with van der Waals surface area (Å²) in [5.74, 6) is -0.748. The number of anilines is 1. The number of para-hydroxylation sites is 1. The molecule has 0 saturated carbocycles. The maximum absolute atomic E-state index is 13.7. The van der Waals surface area contributed by atoms with Crippen molar-refractivity contribution in [3.63, 3.8) is 0 Å². The number of benzene rings is 2. The molecule has 2 unspecified atom stereocenters. The highest BCUT2D eigenvalue weighted by atomic mass is 35.5. The zero-order valence-corrected chi connectivity index (χ0v) is 22.0. The van der Waals surface area contributed by atoms with E-state index in [2.05, 4.69) is 5.32 Å². The summed E-state index contributed by atoms with van der Waals surface area (Å²) in [7, 11) is -3.82. The Hall–Kier alpha value is -2.58. The van der Waals surface area contributed by atoms with Gasteiger partial charge in [0.2, 0.25) is 21.8 Å². The molecule has 0 radical (unpaired) electrons. The Kier molecular flexibility index (Phi) is 9.94. The lowest BCUT2D eigenvalue weighted by atomic mass is 10.1. The van der Waals surface area contributed by atoms with Crippen LogP contribution in [0.3, 0.4) is 0 Å². The largest absolute Gasteiger partial charge is 0.352 e. The highest BCUT2D eigenvalue weighted by Crippen LogP contribution is 2.27. The van der Waals surface area contributed by atoms with E-state index in [1.54, 1.807) is 24.3 Å². The molecule has 9 heteroatoms. The van der Waals surface area contributed by atoms with Crippen LogP contribution in [0.5, 0.6) is 0 Å². The van der Waals surface area contributed by atoms with Crippen molar-refractivity contribution in [1.82, 2.24) is 10.2 Å². The van der Waals surface area contributed by atoms with Crippen molar-refractivity contribution >= 4 is 39.1 Å². The van der Waals surface area contributed by atoms with Crippen LogP contribution in [0.4, 0.5) is 5.69 Å². The molecular formula is C25H34ClN3O4S. The number of nitrogens with zero attached hydrogens (tertiary/aromatic N) is 2. The Bertz CT molecular complexity index is 1110. The fourth-order valence-electron chi connectivity index (χ4n) is 3.58. The van der Waals surface area contributed by atoms with Crippen LogP contribution in [0.2, 0.25) is 5.02 Å². The fraction of sp³-hybridized carbons (Fsp3) is 0.440. The van der Waals surface area contributed by atoms with Gasteiger partial charge in [0.05, 0.1) is 17.0 Å². The number of hydrogen-bond donors (Lipinski definition) is 1. The molecule has 34 heavy (non-hydrogen) atoms. The summed E-state index contributed by atoms with van der Waals surface area (Å²) in [6.07, 6.45) is 2.16. The Balaban J connectivity index is 2.47. The van der Waals surface area contributed by atoms with Crippen LogP contribution in [0.25, 0.3) is 0 Å². The van der Waals surface area contributed by atoms with Gasteiger partial charge >= 0.3 is 0 Å². The van der Waals surface area contributed by atoms with E-state index in [-0.39, 0.29) is 29.2 Å². The first-order valence-electron chi connectivity index (χ1n) is 11.4. The lowest BCUT2D eigenvalue weighted by Gasteiger charge is -2.33. The molecule has 0 aromatic heterocycles. The van der Waals surface area contributed by atoms with Crippen molar-refractivity contribution in [2.45, 2.75) is 59.2 Å². The first kappa shape index (κ1) is 27.7. The topological polar surface area (TPSA) is 86.8 Å². The van der Waals surface area contributed by atoms with Crippen LogP contribution >= 0.6 is 11.6 Å². The molecule has 0 spiro atoms. The summed E-state index contributed by atoms with van der Waals surface area (Å²) in [5.41, 5.74) is 2.07. The quantitative estimate of drug-likeness (QED) is 0.495. The maximum Gasteiger partial charge on any atom is 0.244 e. The van der Waals surface area contributed by atoms with Gasteiger partial charge in [0, 0.05) is 12.6 Å². The van der Waals surface area contributed by atoms with E-state index in [1.165, 1.54) is 4.90 Å². The smallest absolute Gasteiger partial charge is 0.244 e. The van der Waals surface area contributed by atoms with Gasteiger partial charge in [-0.25, -0.2) is 8.42 Å². The molecule has 0 aliphatic heterocycles. The molecule has 186 valence electrons. The average Bonchev–Trinajstić information content (AvgIpc) is 2.78. The summed E-state index contributed by atoms with van der Waals surface area (Å²) >= 11 is 6.26. The SMILES string of the molecule is CCC(C)NC(=O)C(CC)N(Cc1ccccc1C)C(=O)CN(c1ccccc1Cl)S(C)(=O)=O. The molecule has 7 nitrogen and oxygen atoms in total. The van der Waals surface area contributed by atoms with Crippen LogP contribution in [0.15, 0.2) is 48.5 Å². The van der Waals surface area contributed by atoms with Gasteiger partial charge in [-0.2, -0.15) is 0 Å². The minimum absolute atomic E-state index is 0.0485. The Morgan fingerprint density at radius 1 is 1.03 bits per heavy atom. The third-order valence-corrected chi connectivity index (χ3v) is 7.24. The summed E-state index contributed by atoms with van der Waals surface area (Å²) in [4.78, 5) is 28.2. The monoisotopic (exact) mass is 507 g/mol. The predicted octanol–water partition coefficient (Wildman–Crippen LogP) is 4.14. The van der Waals surface area contributed by atoms with Gasteiger partial charge < -0.3 is 10.2 Å². The molecule has 2 aromatic carbocycles. The molecule has 0 aliphatic rings. The Morgan fingerprint density at radius 2 is 1.65 bits per heavy atom. The Morgan fingerprint density at radius 3 is 2.21 bits per heavy atom. The van der Waals surface area contributed by atoms with Gasteiger partial charge in [0.15, 0.2) is 0 Å². The number of carbonyl (C=O) groups excluding carboxylic acids is 2. The van der Waals surface area contributed by atoms with E-state index >= 15 is 0 Å². The molecule has 2 aromatic rings. The van der Waals surface area contributed by atoms with Crippen molar-refractivity contribution < 1.29 is 18.0 Å². The third-order valence-electron chi connectivity index (χ3n) is 5.79. The maximum atomic E-state index is 13.7. The predicted molar refractivity (Wildman–Crippen MR) is 137 cm³/mol. The molecule has 0 heterocycles. The summed E-state index contributed by atoms with van der Waals surface area (Å²) < 4.78 is 26.2. The van der Waals surface area contributed by atoms with Crippen LogP contribution in [0.1, 0.15) is 44.7 Å². The molecule has 2 rings (SSSR count). The van der Waals surface area contributed by atoms with Crippen LogP contribution in [0, 0.1) is 6.92 Å². The molecule has 2 atom stereocenters. The molecular weight excluding hydrogens is 474 g/mol. The zero-order valence-electron chi connectivity index (χ0n) is 20.4. The van der Waals surface area contributed by atoms with Gasteiger partial charge in [-0.3, -0.25) is 13.9 Å². The standard InChI is InChI=1S/C25H34ClN3O4S/c1-6-19(4)27-25(31)22(7-2)28(16-20-13-9-8-12-18(20)3)24(30)17-29(34(5,32)33)23-15-11-10-14-21(23)26/h8-15,19,22H,6-7,16-17H2,1-5H3,(H,27,31). The van der Waals surface area contributed by atoms with Gasteiger partial charge in [-0.1, -0.05) is 61.8 Å². The molecule has 0 saturated heterocycles. The second-order valence-electron chi connectivity index (χ2n) is 8.41. The van der Waals surface area contributed by atoms with Crippen LogP contribution in [-0.4, -0.2) is 50.0 Å². The normalized spacial score (nSPS) is 13.1. The molecule has 1 N–H and O–H groups in total. The highest BCUT2D eigenvalue weighted by Gasteiger charge is 2.32. The Labute approximate surface area is 208 Å². The van der Waals surface area contributed by atoms with E-state index < -0.39 is 28.5 Å². The van der Waals surface area contributed by atoms with Gasteiger partial charge in [-0.05, 0) is 49.9 Å². The third kappa shape index (κ3) is 7.21. The number of carbonyl (C=O) groups is 2. The highest BCUT2D eigenvalue weighted by molar-refractivity contribution is 7.92. The molecule has 0 fully saturated rings. The first-order valence-corrected chi connectivity index (χ1v) is 13.6. The first-order chi connectivity index (χ1) is 16.0. The number of rotatable bonds is 11. The molecule has 2 amide bonds. The number of halogens is 1. The minimum atomic E-state index is -3.82. The molecule has 0 aliphatic carbocycles. The van der Waals surface area contributed by atoms with Gasteiger partial charge in [0.1, 0.15) is 12.6 Å². The number of nitrogens with one attached hydrogen (secondary N) is 1. The second kappa shape index (κ2) is 12.2. The number of amides is 2. The van der Waals surface area contributed by atoms with Gasteiger partial charge in [-0.15, -0.1) is 0 Å². The summed E-state index contributed by atoms with van der Waals surface area (Å²) in [6.45, 7) is 7.35. The van der Waals surface area contributed by atoms with Crippen molar-refractivity contribution in [2.75, 3.05) is 17.1 Å². The number of sulfonamides is 1. The zero-order chi connectivity index (χ0) is 25.5. The van der Waals surface area contributed by atoms with Gasteiger partial charge in [0.25, 0.3) is 0 Å². The number of hydrogen-bond acceptors (Lipinski definition) is 4. The van der Waals surface area contributed by atoms with Crippen molar-refractivity contribution in [1.29, 1.82) is 0 Å². The van der Waals surface area contributed by atoms with E-state index in [4.69, 9.17) is 11.6 Å². The van der Waals surface area contributed by atoms with Crippen LogP contribution < -0.4 is 9.62 Å². The lowest BCUT2D eigenvalue weighted by molar-refractivity contribution is -0.140. The van der Waals surface area contributed by atoms with E-state index in [9.17, 15) is 18.0 Å². The lowest BCUT2D eigenvalue weighted by Crippen LogP contribution is -2.53. The second-order valence-corrected chi connectivity index (χ2v) is 10.7. The van der Waals surface area contributed by atoms with Crippen molar-refractivity contribution in [2.24, 2.45) is 0 Å². The van der Waals surface area contributed by atoms with E-state index in [0.717, 1.165) is 28.1 Å².